The first-order chi connectivity index (χ1) is 9.24. The molecule has 3 aromatic rings. The summed E-state index contributed by atoms with van der Waals surface area (Å²) in [5, 5.41) is 10.7. The number of anilines is 1. The predicted molar refractivity (Wildman–Crippen MR) is 67.5 cm³/mol. The van der Waals surface area contributed by atoms with Crippen molar-refractivity contribution in [2.45, 2.75) is 6.67 Å². The summed E-state index contributed by atoms with van der Waals surface area (Å²) in [6, 6.07) is 10.7. The Morgan fingerprint density at radius 1 is 1.11 bits per heavy atom. The number of nitrogens with one attached hydrogen (secondary N) is 1. The van der Waals surface area contributed by atoms with Gasteiger partial charge in [0.15, 0.2) is 0 Å². The van der Waals surface area contributed by atoms with Crippen LogP contribution in [0.15, 0.2) is 42.5 Å². The molecule has 0 unspecified atom stereocenters. The number of hydrogen-bond acceptors (Lipinski definition) is 3. The fourth-order valence-corrected chi connectivity index (χ4v) is 1.83. The van der Waals surface area contributed by atoms with E-state index in [4.69, 9.17) is 0 Å². The first kappa shape index (κ1) is 11.6. The van der Waals surface area contributed by atoms with Gasteiger partial charge in [-0.3, -0.25) is 0 Å². The standard InChI is InChI=1S/C13H10F2N4/c14-9-5-6-10(15)12(7-9)16-8-19-13-4-2-1-3-11(13)17-18-19/h1-7,16H,8H2. The zero-order chi connectivity index (χ0) is 13.2. The molecule has 0 saturated carbocycles. The van der Waals surface area contributed by atoms with Crippen LogP contribution < -0.4 is 5.32 Å². The van der Waals surface area contributed by atoms with E-state index in [0.717, 1.165) is 29.2 Å². The van der Waals surface area contributed by atoms with Crippen LogP contribution in [-0.4, -0.2) is 15.0 Å². The van der Waals surface area contributed by atoms with Gasteiger partial charge in [-0.15, -0.1) is 5.10 Å². The van der Waals surface area contributed by atoms with Crippen molar-refractivity contribution in [1.29, 1.82) is 0 Å². The van der Waals surface area contributed by atoms with Crippen LogP contribution in [-0.2, 0) is 6.67 Å². The van der Waals surface area contributed by atoms with Gasteiger partial charge in [-0.25, -0.2) is 13.5 Å². The molecule has 1 heterocycles. The lowest BCUT2D eigenvalue weighted by molar-refractivity contribution is 0.595. The number of aromatic nitrogens is 3. The van der Waals surface area contributed by atoms with Crippen molar-refractivity contribution in [1.82, 2.24) is 15.0 Å². The number of halogens is 2. The van der Waals surface area contributed by atoms with Crippen LogP contribution in [0.25, 0.3) is 11.0 Å². The molecule has 1 N–H and O–H groups in total. The summed E-state index contributed by atoms with van der Waals surface area (Å²) in [5.41, 5.74) is 1.68. The topological polar surface area (TPSA) is 42.7 Å². The molecular weight excluding hydrogens is 250 g/mol. The van der Waals surface area contributed by atoms with Crippen molar-refractivity contribution in [2.75, 3.05) is 5.32 Å². The van der Waals surface area contributed by atoms with Gasteiger partial charge in [0, 0.05) is 6.07 Å². The Morgan fingerprint density at radius 3 is 2.84 bits per heavy atom. The molecule has 0 aliphatic rings. The van der Waals surface area contributed by atoms with Gasteiger partial charge in [0.25, 0.3) is 0 Å². The molecule has 1 aromatic heterocycles. The maximum absolute atomic E-state index is 13.4. The zero-order valence-electron chi connectivity index (χ0n) is 9.85. The van der Waals surface area contributed by atoms with Crippen LogP contribution in [0.3, 0.4) is 0 Å². The van der Waals surface area contributed by atoms with Crippen molar-refractivity contribution in [3.05, 3.63) is 54.1 Å². The molecule has 3 rings (SSSR count). The molecule has 19 heavy (non-hydrogen) atoms. The van der Waals surface area contributed by atoms with Gasteiger partial charge >= 0.3 is 0 Å². The monoisotopic (exact) mass is 260 g/mol. The van der Waals surface area contributed by atoms with E-state index in [1.807, 2.05) is 24.3 Å². The Balaban J connectivity index is 1.84. The highest BCUT2D eigenvalue weighted by molar-refractivity contribution is 5.73. The van der Waals surface area contributed by atoms with Crippen LogP contribution in [0, 0.1) is 11.6 Å². The molecule has 0 aliphatic carbocycles. The van der Waals surface area contributed by atoms with Gasteiger partial charge in [0.05, 0.1) is 11.2 Å². The Morgan fingerprint density at radius 2 is 1.95 bits per heavy atom. The zero-order valence-corrected chi connectivity index (χ0v) is 9.85. The summed E-state index contributed by atoms with van der Waals surface area (Å²) in [5.74, 6) is -1.00. The molecule has 0 spiro atoms. The highest BCUT2D eigenvalue weighted by atomic mass is 19.1. The third-order valence-corrected chi connectivity index (χ3v) is 2.77. The van der Waals surface area contributed by atoms with Crippen molar-refractivity contribution in [2.24, 2.45) is 0 Å². The Kier molecular flexibility index (Phi) is 2.83. The lowest BCUT2D eigenvalue weighted by atomic mass is 10.3. The van der Waals surface area contributed by atoms with E-state index in [1.54, 1.807) is 4.68 Å². The van der Waals surface area contributed by atoms with Gasteiger partial charge in [-0.1, -0.05) is 17.3 Å². The predicted octanol–water partition coefficient (Wildman–Crippen LogP) is 2.78. The quantitative estimate of drug-likeness (QED) is 0.787. The van der Waals surface area contributed by atoms with Crippen molar-refractivity contribution < 1.29 is 8.78 Å². The Bertz CT molecular complexity index is 723. The number of fused-ring (bicyclic) bond motifs is 1. The Hall–Kier alpha value is -2.50. The summed E-state index contributed by atoms with van der Waals surface area (Å²) in [4.78, 5) is 0. The third-order valence-electron chi connectivity index (χ3n) is 2.77. The third kappa shape index (κ3) is 2.24. The largest absolute Gasteiger partial charge is 0.364 e. The van der Waals surface area contributed by atoms with E-state index in [9.17, 15) is 8.78 Å². The van der Waals surface area contributed by atoms with E-state index in [-0.39, 0.29) is 12.4 Å². The number of para-hydroxylation sites is 1. The van der Waals surface area contributed by atoms with Crippen molar-refractivity contribution >= 4 is 16.7 Å². The number of benzene rings is 2. The highest BCUT2D eigenvalue weighted by Gasteiger charge is 2.06. The summed E-state index contributed by atoms with van der Waals surface area (Å²) in [6.07, 6.45) is 0. The van der Waals surface area contributed by atoms with E-state index in [2.05, 4.69) is 15.6 Å². The molecule has 0 amide bonds. The molecule has 0 atom stereocenters. The van der Waals surface area contributed by atoms with Gasteiger partial charge in [-0.2, -0.15) is 0 Å². The van der Waals surface area contributed by atoms with E-state index in [0.29, 0.717) is 0 Å². The molecular formula is C13H10F2N4. The molecule has 0 saturated heterocycles. The van der Waals surface area contributed by atoms with Gasteiger partial charge in [0.2, 0.25) is 0 Å². The van der Waals surface area contributed by atoms with Crippen LogP contribution in [0.2, 0.25) is 0 Å². The second-order valence-corrected chi connectivity index (χ2v) is 4.04. The fourth-order valence-electron chi connectivity index (χ4n) is 1.83. The van der Waals surface area contributed by atoms with Gasteiger partial charge < -0.3 is 5.32 Å². The Labute approximate surface area is 107 Å². The van der Waals surface area contributed by atoms with Crippen LogP contribution in [0.4, 0.5) is 14.5 Å². The molecule has 0 fully saturated rings. The van der Waals surface area contributed by atoms with Crippen LogP contribution >= 0.6 is 0 Å². The summed E-state index contributed by atoms with van der Waals surface area (Å²) in [6.45, 7) is 0.209. The van der Waals surface area contributed by atoms with Gasteiger partial charge in [0.1, 0.15) is 23.8 Å². The summed E-state index contributed by atoms with van der Waals surface area (Å²) < 4.78 is 28.0. The molecule has 96 valence electrons. The van der Waals surface area contributed by atoms with Gasteiger partial charge in [-0.05, 0) is 24.3 Å². The number of rotatable bonds is 3. The number of hydrogen-bond donors (Lipinski definition) is 1. The van der Waals surface area contributed by atoms with E-state index >= 15 is 0 Å². The second kappa shape index (κ2) is 4.64. The van der Waals surface area contributed by atoms with Crippen LogP contribution in [0.1, 0.15) is 0 Å². The van der Waals surface area contributed by atoms with Crippen molar-refractivity contribution in [3.63, 3.8) is 0 Å². The average Bonchev–Trinajstić information content (AvgIpc) is 2.83. The minimum Gasteiger partial charge on any atom is -0.364 e. The second-order valence-electron chi connectivity index (χ2n) is 4.04. The molecule has 2 aromatic carbocycles. The van der Waals surface area contributed by atoms with E-state index in [1.165, 1.54) is 0 Å². The molecule has 0 aliphatic heterocycles. The van der Waals surface area contributed by atoms with Crippen molar-refractivity contribution in [3.8, 4) is 0 Å². The highest BCUT2D eigenvalue weighted by Crippen LogP contribution is 2.16. The van der Waals surface area contributed by atoms with Crippen LogP contribution in [0.5, 0.6) is 0 Å². The summed E-state index contributed by atoms with van der Waals surface area (Å²) in [7, 11) is 0. The lowest BCUT2D eigenvalue weighted by Gasteiger charge is -2.08. The molecule has 0 radical (unpaired) electrons. The molecule has 4 nitrogen and oxygen atoms in total. The first-order valence-corrected chi connectivity index (χ1v) is 5.71. The first-order valence-electron chi connectivity index (χ1n) is 5.71. The SMILES string of the molecule is Fc1ccc(F)c(NCn2nnc3ccccc32)c1. The lowest BCUT2D eigenvalue weighted by Crippen LogP contribution is -2.10. The minimum atomic E-state index is -0.508. The normalized spacial score (nSPS) is 10.8. The minimum absolute atomic E-state index is 0.0968. The van der Waals surface area contributed by atoms with E-state index < -0.39 is 11.6 Å². The fraction of sp³-hybridized carbons (Fsp3) is 0.0769. The summed E-state index contributed by atoms with van der Waals surface area (Å²) >= 11 is 0. The smallest absolute Gasteiger partial charge is 0.146 e. The maximum Gasteiger partial charge on any atom is 0.146 e. The molecule has 0 bridgehead atoms. The number of nitrogens with zero attached hydrogens (tertiary/aromatic N) is 3. The molecule has 6 heteroatoms. The average molecular weight is 260 g/mol. The maximum atomic E-state index is 13.4.